The van der Waals surface area contributed by atoms with Crippen molar-refractivity contribution < 1.29 is 27.5 Å². The molecule has 4 nitrogen and oxygen atoms in total. The molecule has 1 saturated heterocycles. The maximum absolute atomic E-state index is 12.6. The number of carbonyl (C=O) groups is 2. The molecule has 0 bridgehead atoms. The molecule has 0 aromatic heterocycles. The first kappa shape index (κ1) is 15.8. The van der Waals surface area contributed by atoms with E-state index in [1.165, 1.54) is 4.90 Å². The highest BCUT2D eigenvalue weighted by molar-refractivity contribution is 5.81. The predicted octanol–water partition coefficient (Wildman–Crippen LogP) is 2.13. The van der Waals surface area contributed by atoms with E-state index in [1.807, 2.05) is 0 Å². The van der Waals surface area contributed by atoms with Crippen molar-refractivity contribution in [3.8, 4) is 0 Å². The topological polar surface area (TPSA) is 46.6 Å². The van der Waals surface area contributed by atoms with Crippen molar-refractivity contribution >= 4 is 11.9 Å². The SMILES string of the molecule is CCOC(=O)CCC(=O)N1CCCC(C(F)(F)F)C1. The van der Waals surface area contributed by atoms with Crippen LogP contribution >= 0.6 is 0 Å². The molecule has 1 fully saturated rings. The number of esters is 1. The summed E-state index contributed by atoms with van der Waals surface area (Å²) in [6.45, 7) is 1.91. The van der Waals surface area contributed by atoms with Gasteiger partial charge in [-0.3, -0.25) is 9.59 Å². The summed E-state index contributed by atoms with van der Waals surface area (Å²) in [5.41, 5.74) is 0. The van der Waals surface area contributed by atoms with Crippen molar-refractivity contribution in [2.45, 2.75) is 38.8 Å². The Kier molecular flexibility index (Phi) is 5.62. The standard InChI is InChI=1S/C12H18F3NO3/c1-2-19-11(18)6-5-10(17)16-7-3-4-9(8-16)12(13,14)15/h9H,2-8H2,1H3. The molecule has 19 heavy (non-hydrogen) atoms. The number of ether oxygens (including phenoxy) is 1. The van der Waals surface area contributed by atoms with Crippen LogP contribution in [0, 0.1) is 5.92 Å². The highest BCUT2D eigenvalue weighted by Crippen LogP contribution is 2.33. The van der Waals surface area contributed by atoms with Gasteiger partial charge in [0, 0.05) is 19.5 Å². The number of rotatable bonds is 4. The number of amides is 1. The summed E-state index contributed by atoms with van der Waals surface area (Å²) in [5, 5.41) is 0. The van der Waals surface area contributed by atoms with Crippen LogP contribution in [-0.2, 0) is 14.3 Å². The first-order valence-electron chi connectivity index (χ1n) is 6.34. The van der Waals surface area contributed by atoms with Crippen molar-refractivity contribution in [3.05, 3.63) is 0 Å². The highest BCUT2D eigenvalue weighted by Gasteiger charge is 2.42. The van der Waals surface area contributed by atoms with Gasteiger partial charge in [-0.2, -0.15) is 13.2 Å². The molecule has 1 amide bonds. The zero-order valence-electron chi connectivity index (χ0n) is 10.8. The van der Waals surface area contributed by atoms with Crippen LogP contribution in [0.1, 0.15) is 32.6 Å². The number of piperidine rings is 1. The number of nitrogens with zero attached hydrogens (tertiary/aromatic N) is 1. The van der Waals surface area contributed by atoms with Crippen LogP contribution in [0.15, 0.2) is 0 Å². The van der Waals surface area contributed by atoms with Gasteiger partial charge < -0.3 is 9.64 Å². The van der Waals surface area contributed by atoms with E-state index in [9.17, 15) is 22.8 Å². The molecule has 0 saturated carbocycles. The molecule has 1 aliphatic rings. The fourth-order valence-corrected chi connectivity index (χ4v) is 2.07. The lowest BCUT2D eigenvalue weighted by Crippen LogP contribution is -2.44. The molecule has 0 radical (unpaired) electrons. The van der Waals surface area contributed by atoms with E-state index in [1.54, 1.807) is 6.92 Å². The zero-order chi connectivity index (χ0) is 14.5. The Bertz CT molecular complexity index is 331. The number of likely N-dealkylation sites (tertiary alicyclic amines) is 1. The van der Waals surface area contributed by atoms with E-state index in [4.69, 9.17) is 0 Å². The van der Waals surface area contributed by atoms with Crippen LogP contribution in [0.3, 0.4) is 0 Å². The second-order valence-corrected chi connectivity index (χ2v) is 4.53. The van der Waals surface area contributed by atoms with Crippen LogP contribution in [-0.4, -0.2) is 42.6 Å². The normalized spacial score (nSPS) is 20.2. The van der Waals surface area contributed by atoms with E-state index >= 15 is 0 Å². The van der Waals surface area contributed by atoms with E-state index < -0.39 is 24.0 Å². The van der Waals surface area contributed by atoms with Crippen molar-refractivity contribution in [3.63, 3.8) is 0 Å². The largest absolute Gasteiger partial charge is 0.466 e. The molecule has 1 atom stereocenters. The monoisotopic (exact) mass is 281 g/mol. The minimum atomic E-state index is -4.26. The number of hydrogen-bond acceptors (Lipinski definition) is 3. The van der Waals surface area contributed by atoms with Gasteiger partial charge in [0.1, 0.15) is 0 Å². The molecule has 110 valence electrons. The van der Waals surface area contributed by atoms with E-state index in [-0.39, 0.29) is 32.4 Å². The van der Waals surface area contributed by atoms with Crippen LogP contribution in [0.5, 0.6) is 0 Å². The second kappa shape index (κ2) is 6.77. The number of halogens is 3. The Morgan fingerprint density at radius 1 is 1.32 bits per heavy atom. The molecule has 0 aliphatic carbocycles. The van der Waals surface area contributed by atoms with Crippen LogP contribution in [0.2, 0.25) is 0 Å². The quantitative estimate of drug-likeness (QED) is 0.742. The highest BCUT2D eigenvalue weighted by atomic mass is 19.4. The fraction of sp³-hybridized carbons (Fsp3) is 0.833. The van der Waals surface area contributed by atoms with Gasteiger partial charge in [0.15, 0.2) is 0 Å². The molecule has 1 unspecified atom stereocenters. The Labute approximate surface area is 109 Å². The number of alkyl halides is 3. The molecular weight excluding hydrogens is 263 g/mol. The van der Waals surface area contributed by atoms with Crippen LogP contribution in [0.25, 0.3) is 0 Å². The van der Waals surface area contributed by atoms with E-state index in [2.05, 4.69) is 4.74 Å². The molecule has 0 aromatic rings. The molecule has 0 aromatic carbocycles. The number of hydrogen-bond donors (Lipinski definition) is 0. The summed E-state index contributed by atoms with van der Waals surface area (Å²) in [6.07, 6.45) is -4.04. The summed E-state index contributed by atoms with van der Waals surface area (Å²) >= 11 is 0. The molecular formula is C12H18F3NO3. The maximum Gasteiger partial charge on any atom is 0.393 e. The molecule has 1 rings (SSSR count). The molecule has 7 heteroatoms. The van der Waals surface area contributed by atoms with E-state index in [0.717, 1.165) is 0 Å². The summed E-state index contributed by atoms with van der Waals surface area (Å²) in [5.74, 6) is -2.37. The molecule has 0 N–H and O–H groups in total. The first-order chi connectivity index (χ1) is 8.84. The zero-order valence-corrected chi connectivity index (χ0v) is 10.8. The minimum absolute atomic E-state index is 0.0607. The first-order valence-corrected chi connectivity index (χ1v) is 6.34. The third-order valence-electron chi connectivity index (χ3n) is 3.09. The van der Waals surface area contributed by atoms with Gasteiger partial charge in [0.05, 0.1) is 18.9 Å². The molecule has 1 heterocycles. The summed E-state index contributed by atoms with van der Waals surface area (Å²) in [6, 6.07) is 0. The fourth-order valence-electron chi connectivity index (χ4n) is 2.07. The van der Waals surface area contributed by atoms with Gasteiger partial charge >= 0.3 is 12.1 Å². The molecule has 1 aliphatic heterocycles. The predicted molar refractivity (Wildman–Crippen MR) is 61.2 cm³/mol. The molecule has 0 spiro atoms. The number of carbonyl (C=O) groups excluding carboxylic acids is 2. The third kappa shape index (κ3) is 5.08. The van der Waals surface area contributed by atoms with E-state index in [0.29, 0.717) is 13.0 Å². The lowest BCUT2D eigenvalue weighted by atomic mass is 9.97. The van der Waals surface area contributed by atoms with Gasteiger partial charge in [-0.1, -0.05) is 0 Å². The Balaban J connectivity index is 2.42. The smallest absolute Gasteiger partial charge is 0.393 e. The Morgan fingerprint density at radius 2 is 2.00 bits per heavy atom. The van der Waals surface area contributed by atoms with Gasteiger partial charge in [0.25, 0.3) is 0 Å². The van der Waals surface area contributed by atoms with Gasteiger partial charge in [-0.05, 0) is 19.8 Å². The summed E-state index contributed by atoms with van der Waals surface area (Å²) in [7, 11) is 0. The average Bonchev–Trinajstić information content (AvgIpc) is 2.35. The van der Waals surface area contributed by atoms with Crippen molar-refractivity contribution in [1.82, 2.24) is 4.90 Å². The van der Waals surface area contributed by atoms with Gasteiger partial charge in [-0.25, -0.2) is 0 Å². The lowest BCUT2D eigenvalue weighted by Gasteiger charge is -2.33. The average molecular weight is 281 g/mol. The van der Waals surface area contributed by atoms with Gasteiger partial charge in [0.2, 0.25) is 5.91 Å². The van der Waals surface area contributed by atoms with Gasteiger partial charge in [-0.15, -0.1) is 0 Å². The maximum atomic E-state index is 12.6. The second-order valence-electron chi connectivity index (χ2n) is 4.53. The third-order valence-corrected chi connectivity index (χ3v) is 3.09. The Hall–Kier alpha value is -1.27. The van der Waals surface area contributed by atoms with Crippen molar-refractivity contribution in [2.24, 2.45) is 5.92 Å². The summed E-state index contributed by atoms with van der Waals surface area (Å²) in [4.78, 5) is 24.0. The van der Waals surface area contributed by atoms with Crippen molar-refractivity contribution in [2.75, 3.05) is 19.7 Å². The van der Waals surface area contributed by atoms with Crippen LogP contribution < -0.4 is 0 Å². The van der Waals surface area contributed by atoms with Crippen molar-refractivity contribution in [1.29, 1.82) is 0 Å². The Morgan fingerprint density at radius 3 is 2.58 bits per heavy atom. The summed E-state index contributed by atoms with van der Waals surface area (Å²) < 4.78 is 42.4. The van der Waals surface area contributed by atoms with Crippen LogP contribution in [0.4, 0.5) is 13.2 Å². The minimum Gasteiger partial charge on any atom is -0.466 e. The lowest BCUT2D eigenvalue weighted by molar-refractivity contribution is -0.188.